The number of hydrogen-bond donors (Lipinski definition) is 0. The maximum absolute atomic E-state index is 12.3. The van der Waals surface area contributed by atoms with Gasteiger partial charge in [0.05, 0.1) is 0 Å². The molecule has 1 aliphatic carbocycles. The summed E-state index contributed by atoms with van der Waals surface area (Å²) in [6, 6.07) is 9.27. The molecule has 0 N–H and O–H groups in total. The van der Waals surface area contributed by atoms with Crippen LogP contribution in [0.5, 0.6) is 0 Å². The smallest absolute Gasteiger partial charge is 0.267 e. The highest BCUT2D eigenvalue weighted by Gasteiger charge is 2.58. The minimum absolute atomic E-state index is 0.0738. The maximum atomic E-state index is 12.3. The van der Waals surface area contributed by atoms with Gasteiger partial charge in [0, 0.05) is 23.4 Å². The van der Waals surface area contributed by atoms with Gasteiger partial charge in [0.2, 0.25) is 0 Å². The molecule has 2 aliphatic rings. The molecule has 1 aromatic rings. The van der Waals surface area contributed by atoms with Crippen molar-refractivity contribution in [1.82, 2.24) is 5.01 Å². The number of allylic oxidation sites excluding steroid dienone is 1. The van der Waals surface area contributed by atoms with Gasteiger partial charge in [-0.3, -0.25) is 4.79 Å². The lowest BCUT2D eigenvalue weighted by molar-refractivity contribution is 0.0825. The van der Waals surface area contributed by atoms with Crippen LogP contribution in [0.2, 0.25) is 0 Å². The molecule has 0 spiro atoms. The van der Waals surface area contributed by atoms with Crippen molar-refractivity contribution >= 4 is 11.6 Å². The van der Waals surface area contributed by atoms with E-state index in [1.54, 1.807) is 0 Å². The summed E-state index contributed by atoms with van der Waals surface area (Å²) in [7, 11) is 0. The summed E-state index contributed by atoms with van der Waals surface area (Å²) in [5.41, 5.74) is 1.99. The monoisotopic (exact) mass is 254 g/mol. The van der Waals surface area contributed by atoms with Crippen LogP contribution in [-0.2, 0) is 0 Å². The Hall–Kier alpha value is -1.90. The molecular weight excluding hydrogens is 236 g/mol. The zero-order valence-corrected chi connectivity index (χ0v) is 11.5. The topological polar surface area (TPSA) is 32.7 Å². The van der Waals surface area contributed by atoms with Crippen molar-refractivity contribution < 1.29 is 4.79 Å². The molecule has 1 amide bonds. The number of amides is 1. The Kier molecular flexibility index (Phi) is 2.59. The average molecular weight is 254 g/mol. The normalized spacial score (nSPS) is 27.3. The van der Waals surface area contributed by atoms with Crippen molar-refractivity contribution in [2.24, 2.45) is 22.4 Å². The number of fused-ring (bicyclic) bond motifs is 1. The number of rotatable bonds is 1. The molecule has 3 heteroatoms. The summed E-state index contributed by atoms with van der Waals surface area (Å²) in [6.45, 7) is 6.52. The van der Waals surface area contributed by atoms with E-state index in [9.17, 15) is 4.79 Å². The van der Waals surface area contributed by atoms with E-state index in [1.165, 1.54) is 5.01 Å². The Balaban J connectivity index is 1.87. The standard InChI is InChI=1S/C16H18N2O/c1-11-14-13(16(14,2)3)9-10-18(17-11)15(19)12-7-5-4-6-8-12/h4-10,13-14H,1-3H3. The fraction of sp³-hybridized carbons (Fsp3) is 0.375. The maximum Gasteiger partial charge on any atom is 0.278 e. The van der Waals surface area contributed by atoms with E-state index in [0.717, 1.165) is 5.71 Å². The summed E-state index contributed by atoms with van der Waals surface area (Å²) < 4.78 is 0. The van der Waals surface area contributed by atoms with Gasteiger partial charge in [0.1, 0.15) is 0 Å². The van der Waals surface area contributed by atoms with Crippen molar-refractivity contribution in [3.8, 4) is 0 Å². The summed E-state index contributed by atoms with van der Waals surface area (Å²) in [5, 5.41) is 5.95. The third-order valence-corrected chi connectivity index (χ3v) is 4.29. The average Bonchev–Trinajstić information content (AvgIpc) is 3.01. The van der Waals surface area contributed by atoms with Crippen molar-refractivity contribution in [2.75, 3.05) is 0 Å². The first-order chi connectivity index (χ1) is 9.01. The second-order valence-electron chi connectivity index (χ2n) is 5.92. The van der Waals surface area contributed by atoms with Crippen molar-refractivity contribution in [1.29, 1.82) is 0 Å². The van der Waals surface area contributed by atoms with Crippen LogP contribution in [0.25, 0.3) is 0 Å². The molecule has 0 bridgehead atoms. The highest BCUT2D eigenvalue weighted by Crippen LogP contribution is 2.60. The summed E-state index contributed by atoms with van der Waals surface area (Å²) in [4.78, 5) is 12.3. The second-order valence-corrected chi connectivity index (χ2v) is 5.92. The molecule has 0 saturated heterocycles. The van der Waals surface area contributed by atoms with Gasteiger partial charge in [0.15, 0.2) is 0 Å². The van der Waals surface area contributed by atoms with Crippen LogP contribution < -0.4 is 0 Å². The van der Waals surface area contributed by atoms with Gasteiger partial charge >= 0.3 is 0 Å². The van der Waals surface area contributed by atoms with Crippen LogP contribution in [0.1, 0.15) is 31.1 Å². The van der Waals surface area contributed by atoms with Gasteiger partial charge in [-0.05, 0) is 30.4 Å². The molecule has 1 fully saturated rings. The van der Waals surface area contributed by atoms with E-state index in [4.69, 9.17) is 0 Å². The van der Waals surface area contributed by atoms with Crippen molar-refractivity contribution in [3.63, 3.8) is 0 Å². The Morgan fingerprint density at radius 1 is 1.26 bits per heavy atom. The van der Waals surface area contributed by atoms with Crippen molar-refractivity contribution in [3.05, 3.63) is 48.2 Å². The van der Waals surface area contributed by atoms with Gasteiger partial charge < -0.3 is 0 Å². The summed E-state index contributed by atoms with van der Waals surface area (Å²) >= 11 is 0. The van der Waals surface area contributed by atoms with Crippen LogP contribution in [0.15, 0.2) is 47.7 Å². The molecule has 2 atom stereocenters. The first-order valence-corrected chi connectivity index (χ1v) is 6.64. The molecule has 2 unspecified atom stereocenters. The van der Waals surface area contributed by atoms with Crippen molar-refractivity contribution in [2.45, 2.75) is 20.8 Å². The van der Waals surface area contributed by atoms with Crippen LogP contribution >= 0.6 is 0 Å². The fourth-order valence-corrected chi connectivity index (χ4v) is 3.10. The van der Waals surface area contributed by atoms with Crippen LogP contribution in [0, 0.1) is 17.3 Å². The molecule has 1 saturated carbocycles. The highest BCUT2D eigenvalue weighted by atomic mass is 16.2. The molecule has 1 aliphatic heterocycles. The van der Waals surface area contributed by atoms with E-state index < -0.39 is 0 Å². The SMILES string of the molecule is CC1=NN(C(=O)c2ccccc2)C=CC2C1C2(C)C. The lowest BCUT2D eigenvalue weighted by Crippen LogP contribution is -2.22. The lowest BCUT2D eigenvalue weighted by Gasteiger charge is -2.14. The predicted octanol–water partition coefficient (Wildman–Crippen LogP) is 3.30. The van der Waals surface area contributed by atoms with Gasteiger partial charge in [-0.25, -0.2) is 5.01 Å². The molecule has 0 aromatic heterocycles. The van der Waals surface area contributed by atoms with E-state index in [-0.39, 0.29) is 11.3 Å². The first-order valence-electron chi connectivity index (χ1n) is 6.64. The molecule has 3 nitrogen and oxygen atoms in total. The minimum atomic E-state index is -0.0738. The van der Waals surface area contributed by atoms with Crippen LogP contribution in [-0.4, -0.2) is 16.6 Å². The highest BCUT2D eigenvalue weighted by molar-refractivity contribution is 5.97. The number of nitrogens with zero attached hydrogens (tertiary/aromatic N) is 2. The Morgan fingerprint density at radius 2 is 1.95 bits per heavy atom. The third-order valence-electron chi connectivity index (χ3n) is 4.29. The number of carbonyl (C=O) groups is 1. The largest absolute Gasteiger partial charge is 0.278 e. The number of hydrogen-bond acceptors (Lipinski definition) is 2. The molecule has 0 radical (unpaired) electrons. The van der Waals surface area contributed by atoms with E-state index in [1.807, 2.05) is 43.5 Å². The van der Waals surface area contributed by atoms with E-state index in [0.29, 0.717) is 17.4 Å². The Morgan fingerprint density at radius 3 is 2.63 bits per heavy atom. The minimum Gasteiger partial charge on any atom is -0.267 e. The molecular formula is C16H18N2O. The quantitative estimate of drug-likeness (QED) is 0.756. The number of hydrazone groups is 1. The molecule has 98 valence electrons. The Bertz CT molecular complexity index is 572. The first kappa shape index (κ1) is 12.2. The third kappa shape index (κ3) is 1.89. The predicted molar refractivity (Wildman–Crippen MR) is 75.6 cm³/mol. The van der Waals surface area contributed by atoms with E-state index >= 15 is 0 Å². The molecule has 1 aromatic carbocycles. The fourth-order valence-electron chi connectivity index (χ4n) is 3.10. The summed E-state index contributed by atoms with van der Waals surface area (Å²) in [6.07, 6.45) is 3.93. The summed E-state index contributed by atoms with van der Waals surface area (Å²) in [5.74, 6) is 0.900. The van der Waals surface area contributed by atoms with Crippen LogP contribution in [0.3, 0.4) is 0 Å². The van der Waals surface area contributed by atoms with Gasteiger partial charge in [0.25, 0.3) is 5.91 Å². The number of carbonyl (C=O) groups excluding carboxylic acids is 1. The molecule has 3 rings (SSSR count). The van der Waals surface area contributed by atoms with E-state index in [2.05, 4.69) is 25.0 Å². The zero-order valence-electron chi connectivity index (χ0n) is 11.5. The Labute approximate surface area is 113 Å². The van der Waals surface area contributed by atoms with Gasteiger partial charge in [-0.15, -0.1) is 0 Å². The van der Waals surface area contributed by atoms with Crippen LogP contribution in [0.4, 0.5) is 0 Å². The lowest BCUT2D eigenvalue weighted by atomic mass is 10.1. The van der Waals surface area contributed by atoms with Gasteiger partial charge in [-0.1, -0.05) is 38.1 Å². The zero-order chi connectivity index (χ0) is 13.6. The number of benzene rings is 1. The molecule has 1 heterocycles. The second kappa shape index (κ2) is 4.05. The van der Waals surface area contributed by atoms with Gasteiger partial charge in [-0.2, -0.15) is 5.10 Å². The molecule has 19 heavy (non-hydrogen) atoms.